The van der Waals surface area contributed by atoms with Gasteiger partial charge in [0, 0.05) is 19.6 Å². The van der Waals surface area contributed by atoms with E-state index < -0.39 is 10.0 Å². The Morgan fingerprint density at radius 3 is 2.68 bits per heavy atom. The van der Waals surface area contributed by atoms with Crippen molar-refractivity contribution in [2.75, 3.05) is 26.7 Å². The van der Waals surface area contributed by atoms with Gasteiger partial charge in [-0.15, -0.1) is 5.10 Å². The molecular formula is C17H21ClN4O4S2. The van der Waals surface area contributed by atoms with Crippen LogP contribution in [-0.4, -0.2) is 55.6 Å². The van der Waals surface area contributed by atoms with Crippen molar-refractivity contribution in [2.24, 2.45) is 5.92 Å². The van der Waals surface area contributed by atoms with Crippen LogP contribution in [0.25, 0.3) is 0 Å². The van der Waals surface area contributed by atoms with Gasteiger partial charge < -0.3 is 9.64 Å². The fourth-order valence-electron chi connectivity index (χ4n) is 3.04. The predicted molar refractivity (Wildman–Crippen MR) is 106 cm³/mol. The summed E-state index contributed by atoms with van der Waals surface area (Å²) in [7, 11) is -2.19. The molecular weight excluding hydrogens is 424 g/mol. The van der Waals surface area contributed by atoms with Crippen molar-refractivity contribution in [3.05, 3.63) is 33.8 Å². The molecule has 1 aromatic heterocycles. The molecule has 28 heavy (non-hydrogen) atoms. The number of sulfonamides is 1. The Balaban J connectivity index is 1.54. The first kappa shape index (κ1) is 21.0. The lowest BCUT2D eigenvalue weighted by molar-refractivity contribution is 0.0696. The smallest absolute Gasteiger partial charge is 0.267 e. The molecule has 0 saturated carbocycles. The van der Waals surface area contributed by atoms with Gasteiger partial charge in [-0.25, -0.2) is 13.1 Å². The van der Waals surface area contributed by atoms with E-state index in [0.717, 1.165) is 24.4 Å². The van der Waals surface area contributed by atoms with Crippen molar-refractivity contribution in [2.45, 2.75) is 24.7 Å². The highest BCUT2D eigenvalue weighted by molar-refractivity contribution is 7.89. The number of methoxy groups -OCH3 is 1. The summed E-state index contributed by atoms with van der Waals surface area (Å²) in [4.78, 5) is 14.9. The minimum absolute atomic E-state index is 0.0561. The van der Waals surface area contributed by atoms with E-state index in [4.69, 9.17) is 16.3 Å². The lowest BCUT2D eigenvalue weighted by Crippen LogP contribution is -2.41. The molecule has 0 atom stereocenters. The van der Waals surface area contributed by atoms with E-state index in [1.807, 2.05) is 0 Å². The molecule has 1 N–H and O–H groups in total. The average molecular weight is 445 g/mol. The van der Waals surface area contributed by atoms with Gasteiger partial charge in [0.1, 0.15) is 10.6 Å². The molecule has 1 aliphatic rings. The van der Waals surface area contributed by atoms with Crippen LogP contribution in [0.2, 0.25) is 5.02 Å². The molecule has 0 unspecified atom stereocenters. The predicted octanol–water partition coefficient (Wildman–Crippen LogP) is 2.34. The number of aromatic nitrogens is 2. The highest BCUT2D eigenvalue weighted by Crippen LogP contribution is 2.27. The number of nitrogens with one attached hydrogen (secondary N) is 1. The summed E-state index contributed by atoms with van der Waals surface area (Å²) in [5, 5.41) is 4.12. The molecule has 2 aromatic rings. The van der Waals surface area contributed by atoms with Gasteiger partial charge in [0.2, 0.25) is 10.0 Å². The van der Waals surface area contributed by atoms with Gasteiger partial charge in [0.05, 0.1) is 22.7 Å². The zero-order valence-corrected chi connectivity index (χ0v) is 17.9. The van der Waals surface area contributed by atoms with Crippen molar-refractivity contribution in [3.8, 4) is 5.75 Å². The van der Waals surface area contributed by atoms with Crippen LogP contribution >= 0.6 is 23.1 Å². The summed E-state index contributed by atoms with van der Waals surface area (Å²) in [6.45, 7) is 3.24. The van der Waals surface area contributed by atoms with Crippen LogP contribution in [0, 0.1) is 12.8 Å². The molecule has 2 heterocycles. The van der Waals surface area contributed by atoms with E-state index in [9.17, 15) is 13.2 Å². The zero-order valence-electron chi connectivity index (χ0n) is 15.5. The lowest BCUT2D eigenvalue weighted by Gasteiger charge is -2.31. The normalized spacial score (nSPS) is 15.6. The number of piperidine rings is 1. The highest BCUT2D eigenvalue weighted by Gasteiger charge is 2.27. The number of ether oxygens (including phenoxy) is 1. The Kier molecular flexibility index (Phi) is 6.54. The molecule has 0 bridgehead atoms. The number of rotatable bonds is 6. The van der Waals surface area contributed by atoms with Crippen LogP contribution in [0.1, 0.15) is 28.2 Å². The number of amides is 1. The van der Waals surface area contributed by atoms with Gasteiger partial charge in [-0.2, -0.15) is 0 Å². The second kappa shape index (κ2) is 8.73. The van der Waals surface area contributed by atoms with Crippen molar-refractivity contribution in [1.82, 2.24) is 19.2 Å². The summed E-state index contributed by atoms with van der Waals surface area (Å²) in [5.41, 5.74) is 0.642. The summed E-state index contributed by atoms with van der Waals surface area (Å²) < 4.78 is 36.5. The molecule has 1 aromatic carbocycles. The number of benzene rings is 1. The Bertz CT molecular complexity index is 956. The number of hydrogen-bond donors (Lipinski definition) is 1. The molecule has 3 rings (SSSR count). The SMILES string of the molecule is COc1ccc(S(=O)(=O)NCC2CCN(C(=O)c3snnc3C)CC2)cc1Cl. The maximum Gasteiger partial charge on any atom is 0.267 e. The van der Waals surface area contributed by atoms with Gasteiger partial charge in [0.25, 0.3) is 5.91 Å². The van der Waals surface area contributed by atoms with Gasteiger partial charge in [0.15, 0.2) is 0 Å². The quantitative estimate of drug-likeness (QED) is 0.733. The molecule has 152 valence electrons. The third kappa shape index (κ3) is 4.62. The number of aryl methyl sites for hydroxylation is 1. The molecule has 1 amide bonds. The molecule has 0 aliphatic carbocycles. The summed E-state index contributed by atoms with van der Waals surface area (Å²) >= 11 is 7.12. The Hall–Kier alpha value is -1.75. The Morgan fingerprint density at radius 2 is 2.11 bits per heavy atom. The number of carbonyl (C=O) groups excluding carboxylic acids is 1. The molecule has 0 radical (unpaired) electrons. The summed E-state index contributed by atoms with van der Waals surface area (Å²) in [5.74, 6) is 0.525. The standard InChI is InChI=1S/C17H21ClN4O4S2/c1-11-16(27-21-20-11)17(23)22-7-5-12(6-8-22)10-19-28(24,25)13-3-4-15(26-2)14(18)9-13/h3-4,9,12,19H,5-8,10H2,1-2H3. The average Bonchev–Trinajstić information content (AvgIpc) is 3.12. The third-order valence-electron chi connectivity index (χ3n) is 4.74. The molecule has 1 aliphatic heterocycles. The monoisotopic (exact) mass is 444 g/mol. The van der Waals surface area contributed by atoms with Gasteiger partial charge >= 0.3 is 0 Å². The summed E-state index contributed by atoms with van der Waals surface area (Å²) in [6.07, 6.45) is 1.45. The highest BCUT2D eigenvalue weighted by atomic mass is 35.5. The number of halogens is 1. The number of carbonyl (C=O) groups is 1. The topological polar surface area (TPSA) is 101 Å². The van der Waals surface area contributed by atoms with Gasteiger partial charge in [-0.3, -0.25) is 4.79 Å². The first-order valence-corrected chi connectivity index (χ1v) is 11.4. The van der Waals surface area contributed by atoms with Crippen LogP contribution < -0.4 is 9.46 Å². The van der Waals surface area contributed by atoms with Crippen molar-refractivity contribution in [3.63, 3.8) is 0 Å². The third-order valence-corrected chi connectivity index (χ3v) is 7.28. The van der Waals surface area contributed by atoms with E-state index in [2.05, 4.69) is 14.3 Å². The van der Waals surface area contributed by atoms with Crippen LogP contribution in [0.15, 0.2) is 23.1 Å². The lowest BCUT2D eigenvalue weighted by atomic mass is 9.97. The second-order valence-corrected chi connectivity index (χ2v) is 9.50. The van der Waals surface area contributed by atoms with E-state index >= 15 is 0 Å². The molecule has 0 spiro atoms. The largest absolute Gasteiger partial charge is 0.495 e. The van der Waals surface area contributed by atoms with Crippen LogP contribution in [-0.2, 0) is 10.0 Å². The molecule has 8 nitrogen and oxygen atoms in total. The van der Waals surface area contributed by atoms with Crippen LogP contribution in [0.5, 0.6) is 5.75 Å². The van der Waals surface area contributed by atoms with E-state index in [-0.39, 0.29) is 21.7 Å². The van der Waals surface area contributed by atoms with E-state index in [1.165, 1.54) is 25.3 Å². The maximum absolute atomic E-state index is 12.5. The minimum Gasteiger partial charge on any atom is -0.495 e. The van der Waals surface area contributed by atoms with Crippen molar-refractivity contribution in [1.29, 1.82) is 0 Å². The van der Waals surface area contributed by atoms with E-state index in [0.29, 0.717) is 36.0 Å². The Morgan fingerprint density at radius 1 is 1.39 bits per heavy atom. The summed E-state index contributed by atoms with van der Waals surface area (Å²) in [6, 6.07) is 4.35. The van der Waals surface area contributed by atoms with E-state index in [1.54, 1.807) is 11.8 Å². The van der Waals surface area contributed by atoms with Crippen LogP contribution in [0.4, 0.5) is 0 Å². The fourth-order valence-corrected chi connectivity index (χ4v) is 5.13. The molecule has 11 heteroatoms. The number of hydrogen-bond acceptors (Lipinski definition) is 7. The Labute approximate surface area is 173 Å². The first-order chi connectivity index (χ1) is 13.3. The van der Waals surface area contributed by atoms with Gasteiger partial charge in [-0.1, -0.05) is 16.1 Å². The van der Waals surface area contributed by atoms with Gasteiger partial charge in [-0.05, 0) is 55.4 Å². The minimum atomic E-state index is -3.66. The fraction of sp³-hybridized carbons (Fsp3) is 0.471. The van der Waals surface area contributed by atoms with Crippen molar-refractivity contribution < 1.29 is 17.9 Å². The maximum atomic E-state index is 12.5. The molecule has 1 saturated heterocycles. The zero-order chi connectivity index (χ0) is 20.3. The number of nitrogens with zero attached hydrogens (tertiary/aromatic N) is 3. The second-order valence-electron chi connectivity index (χ2n) is 6.57. The first-order valence-electron chi connectivity index (χ1n) is 8.73. The van der Waals surface area contributed by atoms with Crippen molar-refractivity contribution >= 4 is 39.1 Å². The van der Waals surface area contributed by atoms with Crippen LogP contribution in [0.3, 0.4) is 0 Å². The molecule has 1 fully saturated rings. The number of likely N-dealkylation sites (tertiary alicyclic amines) is 1.